The maximum absolute atomic E-state index is 12.8. The van der Waals surface area contributed by atoms with Crippen LogP contribution >= 0.6 is 0 Å². The summed E-state index contributed by atoms with van der Waals surface area (Å²) in [5.41, 5.74) is 0.488. The Balaban J connectivity index is 2.22. The molecule has 11 nitrogen and oxygen atoms in total. The van der Waals surface area contributed by atoms with E-state index in [4.69, 9.17) is 23.7 Å². The molecular weight excluding hydrogens is 506 g/mol. The molecule has 0 aliphatic heterocycles. The van der Waals surface area contributed by atoms with E-state index in [1.807, 2.05) is 31.2 Å². The summed E-state index contributed by atoms with van der Waals surface area (Å²) in [5, 5.41) is 5.67. The Bertz CT molecular complexity index is 918. The molecule has 39 heavy (non-hydrogen) atoms. The van der Waals surface area contributed by atoms with E-state index in [-0.39, 0.29) is 17.6 Å². The number of hydrogen-bond acceptors (Lipinski definition) is 9. The smallest absolute Gasteiger partial charge is 0.267 e. The zero-order valence-electron chi connectivity index (χ0n) is 24.5. The fourth-order valence-electron chi connectivity index (χ4n) is 3.25. The number of benzene rings is 1. The molecule has 0 aliphatic carbocycles. The van der Waals surface area contributed by atoms with Gasteiger partial charge < -0.3 is 28.6 Å². The number of carbonyl (C=O) groups is 3. The molecule has 11 heteroatoms. The third-order valence-electron chi connectivity index (χ3n) is 5.91. The molecule has 2 amide bonds. The van der Waals surface area contributed by atoms with Crippen LogP contribution in [0.5, 0.6) is 5.75 Å². The van der Waals surface area contributed by atoms with Gasteiger partial charge in [-0.1, -0.05) is 0 Å². The molecule has 1 aromatic rings. The van der Waals surface area contributed by atoms with Crippen LogP contribution in [0.1, 0.15) is 46.6 Å². The maximum Gasteiger partial charge on any atom is 0.267 e. The van der Waals surface area contributed by atoms with Gasteiger partial charge in [-0.2, -0.15) is 5.10 Å². The number of ketones is 1. The third kappa shape index (κ3) is 13.7. The van der Waals surface area contributed by atoms with E-state index < -0.39 is 5.54 Å². The topological polar surface area (TPSA) is 116 Å². The summed E-state index contributed by atoms with van der Waals surface area (Å²) < 4.78 is 27.3. The highest BCUT2D eigenvalue weighted by Gasteiger charge is 2.36. The molecule has 0 spiro atoms. The Morgan fingerprint density at radius 1 is 0.744 bits per heavy atom. The Hall–Kier alpha value is -2.86. The van der Waals surface area contributed by atoms with Gasteiger partial charge in [-0.05, 0) is 57.5 Å². The van der Waals surface area contributed by atoms with Crippen LogP contribution in [-0.2, 0) is 33.3 Å². The van der Waals surface area contributed by atoms with Crippen molar-refractivity contribution in [1.29, 1.82) is 0 Å². The molecule has 0 N–H and O–H groups in total. The van der Waals surface area contributed by atoms with Gasteiger partial charge >= 0.3 is 0 Å². The third-order valence-corrected chi connectivity index (χ3v) is 5.91. The molecule has 0 saturated carbocycles. The van der Waals surface area contributed by atoms with Gasteiger partial charge in [0.2, 0.25) is 5.91 Å². The molecule has 0 saturated heterocycles. The maximum atomic E-state index is 12.8. The second-order valence-corrected chi connectivity index (χ2v) is 9.43. The van der Waals surface area contributed by atoms with E-state index in [1.54, 1.807) is 34.9 Å². The molecule has 0 bridgehead atoms. The summed E-state index contributed by atoms with van der Waals surface area (Å²) in [6.45, 7) is 12.2. The lowest BCUT2D eigenvalue weighted by Gasteiger charge is -2.35. The number of amides is 2. The molecule has 0 atom stereocenters. The zero-order valence-corrected chi connectivity index (χ0v) is 24.5. The van der Waals surface area contributed by atoms with Gasteiger partial charge in [0.1, 0.15) is 23.7 Å². The first-order valence-electron chi connectivity index (χ1n) is 13.1. The van der Waals surface area contributed by atoms with E-state index >= 15 is 0 Å². The number of Topliss-reactive ketones (excluding diaryl/α,β-unsaturated/α-hetero) is 1. The van der Waals surface area contributed by atoms with Gasteiger partial charge in [0.05, 0.1) is 58.6 Å². The average Bonchev–Trinajstić information content (AvgIpc) is 2.89. The summed E-state index contributed by atoms with van der Waals surface area (Å²) in [7, 11) is 3.18. The minimum absolute atomic E-state index is 0.116. The number of hydrazone groups is 1. The van der Waals surface area contributed by atoms with Crippen LogP contribution in [0.3, 0.4) is 0 Å². The van der Waals surface area contributed by atoms with Crippen molar-refractivity contribution in [2.24, 2.45) is 5.10 Å². The van der Waals surface area contributed by atoms with Crippen LogP contribution in [0, 0.1) is 0 Å². The second-order valence-electron chi connectivity index (χ2n) is 9.43. The van der Waals surface area contributed by atoms with E-state index in [0.29, 0.717) is 77.3 Å². The summed E-state index contributed by atoms with van der Waals surface area (Å²) >= 11 is 0. The fourth-order valence-corrected chi connectivity index (χ4v) is 3.25. The molecule has 0 heterocycles. The number of ether oxygens (including phenoxy) is 5. The van der Waals surface area contributed by atoms with E-state index in [0.717, 1.165) is 5.56 Å². The van der Waals surface area contributed by atoms with E-state index in [2.05, 4.69) is 5.10 Å². The normalized spacial score (nSPS) is 11.8. The first-order chi connectivity index (χ1) is 18.5. The number of nitrogens with zero attached hydrogens (tertiary/aromatic N) is 3. The highest BCUT2D eigenvalue weighted by Crippen LogP contribution is 2.17. The largest absolute Gasteiger partial charge is 0.491 e. The van der Waals surface area contributed by atoms with Crippen molar-refractivity contribution < 1.29 is 38.1 Å². The van der Waals surface area contributed by atoms with Gasteiger partial charge in [0.25, 0.3) is 5.91 Å². The lowest BCUT2D eigenvalue weighted by molar-refractivity contribution is -0.148. The van der Waals surface area contributed by atoms with Crippen molar-refractivity contribution in [3.05, 3.63) is 29.8 Å². The van der Waals surface area contributed by atoms with Crippen molar-refractivity contribution in [2.75, 3.05) is 73.6 Å². The van der Waals surface area contributed by atoms with Crippen LogP contribution in [0.25, 0.3) is 0 Å². The summed E-state index contributed by atoms with van der Waals surface area (Å²) in [4.78, 5) is 36.7. The summed E-state index contributed by atoms with van der Waals surface area (Å²) in [5.74, 6) is 0.328. The summed E-state index contributed by atoms with van der Waals surface area (Å²) in [6.07, 6.45) is 0.431. The molecule has 220 valence electrons. The zero-order chi connectivity index (χ0) is 29.3. The predicted molar refractivity (Wildman–Crippen MR) is 148 cm³/mol. The fraction of sp³-hybridized carbons (Fsp3) is 0.643. The minimum atomic E-state index is -1.01. The summed E-state index contributed by atoms with van der Waals surface area (Å²) in [6, 6.07) is 7.41. The Morgan fingerprint density at radius 2 is 1.21 bits per heavy atom. The highest BCUT2D eigenvalue weighted by atomic mass is 16.6. The van der Waals surface area contributed by atoms with E-state index in [9.17, 15) is 14.4 Å². The van der Waals surface area contributed by atoms with Gasteiger partial charge in [-0.3, -0.25) is 14.4 Å². The molecular formula is C28H45N3O8. The lowest BCUT2D eigenvalue weighted by atomic mass is 10.0. The quantitative estimate of drug-likeness (QED) is 0.138. The lowest BCUT2D eigenvalue weighted by Crippen LogP contribution is -2.54. The van der Waals surface area contributed by atoms with Crippen LogP contribution in [0.15, 0.2) is 29.4 Å². The minimum Gasteiger partial charge on any atom is -0.491 e. The van der Waals surface area contributed by atoms with Crippen molar-refractivity contribution in [2.45, 2.75) is 46.6 Å². The van der Waals surface area contributed by atoms with Gasteiger partial charge in [0.15, 0.2) is 0 Å². The molecule has 1 rings (SSSR count). The van der Waals surface area contributed by atoms with Crippen molar-refractivity contribution >= 4 is 23.3 Å². The van der Waals surface area contributed by atoms with Gasteiger partial charge in [-0.15, -0.1) is 0 Å². The monoisotopic (exact) mass is 551 g/mol. The number of carbonyl (C=O) groups excluding carboxylic acids is 3. The highest BCUT2D eigenvalue weighted by molar-refractivity contribution is 6.00. The average molecular weight is 552 g/mol. The van der Waals surface area contributed by atoms with Crippen LogP contribution < -0.4 is 4.74 Å². The Labute approximate surface area is 232 Å². The van der Waals surface area contributed by atoms with Gasteiger partial charge in [0, 0.05) is 27.4 Å². The van der Waals surface area contributed by atoms with Gasteiger partial charge in [-0.25, -0.2) is 5.01 Å². The van der Waals surface area contributed by atoms with Crippen LogP contribution in [0.2, 0.25) is 0 Å². The molecule has 0 aromatic heterocycles. The Morgan fingerprint density at radius 3 is 1.67 bits per heavy atom. The first-order valence-corrected chi connectivity index (χ1v) is 13.1. The molecule has 0 fully saturated rings. The molecule has 0 unspecified atom stereocenters. The molecule has 1 aromatic carbocycles. The Kier molecular flexibility index (Phi) is 16.1. The number of hydrogen-bond donors (Lipinski definition) is 0. The van der Waals surface area contributed by atoms with Crippen LogP contribution in [-0.4, -0.2) is 112 Å². The van der Waals surface area contributed by atoms with Crippen molar-refractivity contribution in [3.63, 3.8) is 0 Å². The van der Waals surface area contributed by atoms with Crippen LogP contribution in [0.4, 0.5) is 0 Å². The van der Waals surface area contributed by atoms with Crippen molar-refractivity contribution in [1.82, 2.24) is 9.91 Å². The first kappa shape index (κ1) is 34.2. The second kappa shape index (κ2) is 18.4. The van der Waals surface area contributed by atoms with E-state index in [1.165, 1.54) is 16.8 Å². The predicted octanol–water partition coefficient (Wildman–Crippen LogP) is 2.55. The SMILES string of the molecule is CC(=O)CCOCCOCCOCCOCCOc1ccc(/C(C)=N/N(C)C(=O)C(C)(C)N(C)C(C)=O)cc1. The number of likely N-dealkylation sites (N-methyl/N-ethyl adjacent to an activating group) is 2. The van der Waals surface area contributed by atoms with Crippen molar-refractivity contribution in [3.8, 4) is 5.75 Å². The number of rotatable bonds is 20. The molecule has 0 aliphatic rings. The standard InChI is InChI=1S/C28H45N3O8/c1-22(32)12-13-35-14-15-36-16-17-37-18-19-38-20-21-39-26-10-8-25(9-11-26)23(2)29-31(7)27(34)28(4,5)30(6)24(3)33/h8-11H,12-21H2,1-7H3/b29-23+. The molecule has 0 radical (unpaired) electrons.